The average Bonchev–Trinajstić information content (AvgIpc) is 3.35. The lowest BCUT2D eigenvalue weighted by Gasteiger charge is -2.46. The van der Waals surface area contributed by atoms with Crippen molar-refractivity contribution in [2.45, 2.75) is 25.8 Å². The lowest BCUT2D eigenvalue weighted by molar-refractivity contribution is -0.139. The summed E-state index contributed by atoms with van der Waals surface area (Å²) in [5.41, 5.74) is 3.07. The molecular weight excluding hydrogens is 430 g/mol. The van der Waals surface area contributed by atoms with E-state index in [1.807, 2.05) is 50.4 Å². The van der Waals surface area contributed by atoms with Crippen molar-refractivity contribution >= 4 is 22.9 Å². The van der Waals surface area contributed by atoms with Crippen LogP contribution in [0.5, 0.6) is 0 Å². The molecule has 1 fully saturated rings. The maximum Gasteiger partial charge on any atom is 0.233 e. The number of allylic oxidation sites excluding steroid dienone is 1. The van der Waals surface area contributed by atoms with E-state index in [2.05, 4.69) is 40.1 Å². The summed E-state index contributed by atoms with van der Waals surface area (Å²) in [7, 11) is 1.82. The minimum absolute atomic E-state index is 0.0961. The molecule has 1 aromatic carbocycles. The Kier molecular flexibility index (Phi) is 6.47. The minimum atomic E-state index is -0.558. The Morgan fingerprint density at radius 3 is 2.88 bits per heavy atom. The molecule has 1 aliphatic heterocycles. The van der Waals surface area contributed by atoms with Gasteiger partial charge in [0.25, 0.3) is 0 Å². The molecule has 168 valence electrons. The van der Waals surface area contributed by atoms with Gasteiger partial charge in [-0.25, -0.2) is 0 Å². The van der Waals surface area contributed by atoms with Crippen LogP contribution in [0.25, 0.3) is 11.1 Å². The molecule has 6 nitrogen and oxygen atoms in total. The highest BCUT2D eigenvalue weighted by molar-refractivity contribution is 7.10. The molecule has 1 aliphatic rings. The first-order chi connectivity index (χ1) is 16.0. The number of pyridine rings is 1. The van der Waals surface area contributed by atoms with E-state index in [0.29, 0.717) is 18.5 Å². The van der Waals surface area contributed by atoms with Gasteiger partial charge in [0.05, 0.1) is 28.8 Å². The molecule has 1 unspecified atom stereocenters. The van der Waals surface area contributed by atoms with Crippen LogP contribution in [0.2, 0.25) is 0 Å². The fraction of sp³-hybridized carbons (Fsp3) is 0.269. The maximum absolute atomic E-state index is 13.5. The van der Waals surface area contributed by atoms with E-state index in [9.17, 15) is 10.1 Å². The van der Waals surface area contributed by atoms with Gasteiger partial charge in [-0.15, -0.1) is 11.3 Å². The summed E-state index contributed by atoms with van der Waals surface area (Å²) in [6, 6.07) is 15.8. The van der Waals surface area contributed by atoms with Gasteiger partial charge in [-0.2, -0.15) is 5.26 Å². The van der Waals surface area contributed by atoms with Crippen molar-refractivity contribution in [2.24, 2.45) is 5.92 Å². The van der Waals surface area contributed by atoms with Gasteiger partial charge in [0.15, 0.2) is 0 Å². The Hall–Kier alpha value is -3.63. The lowest BCUT2D eigenvalue weighted by atomic mass is 9.78. The lowest BCUT2D eigenvalue weighted by Crippen LogP contribution is -2.59. The molecule has 0 radical (unpaired) electrons. The van der Waals surface area contributed by atoms with Gasteiger partial charge in [0.1, 0.15) is 5.82 Å². The number of aromatic nitrogens is 1. The van der Waals surface area contributed by atoms with Crippen LogP contribution in [0.1, 0.15) is 30.7 Å². The molecule has 0 aliphatic carbocycles. The first-order valence-corrected chi connectivity index (χ1v) is 11.8. The highest BCUT2D eigenvalue weighted by atomic mass is 32.1. The number of nitriles is 1. The molecule has 33 heavy (non-hydrogen) atoms. The van der Waals surface area contributed by atoms with Crippen molar-refractivity contribution in [2.75, 3.05) is 18.9 Å². The van der Waals surface area contributed by atoms with Crippen LogP contribution >= 0.6 is 11.3 Å². The number of carbonyl (C=O) groups is 1. The van der Waals surface area contributed by atoms with Gasteiger partial charge in [-0.3, -0.25) is 9.78 Å². The Bertz CT molecular complexity index is 1210. The second-order valence-corrected chi connectivity index (χ2v) is 9.21. The highest BCUT2D eigenvalue weighted by Gasteiger charge is 2.47. The fourth-order valence-electron chi connectivity index (χ4n) is 4.30. The third-order valence-electron chi connectivity index (χ3n) is 6.21. The van der Waals surface area contributed by atoms with Gasteiger partial charge >= 0.3 is 0 Å². The molecule has 0 saturated carbocycles. The van der Waals surface area contributed by atoms with E-state index < -0.39 is 5.54 Å². The van der Waals surface area contributed by atoms with E-state index in [4.69, 9.17) is 0 Å². The van der Waals surface area contributed by atoms with E-state index in [-0.39, 0.29) is 11.8 Å². The number of rotatable bonds is 6. The zero-order chi connectivity index (χ0) is 23.4. The highest BCUT2D eigenvalue weighted by Crippen LogP contribution is 2.42. The van der Waals surface area contributed by atoms with Gasteiger partial charge < -0.3 is 15.5 Å². The van der Waals surface area contributed by atoms with Crippen molar-refractivity contribution < 1.29 is 4.79 Å². The second-order valence-electron chi connectivity index (χ2n) is 8.30. The normalized spacial score (nSPS) is 21.5. The summed E-state index contributed by atoms with van der Waals surface area (Å²) < 4.78 is 0. The number of thiophene rings is 1. The number of hydrogen-bond donors (Lipinski definition) is 2. The van der Waals surface area contributed by atoms with Gasteiger partial charge in [-0.1, -0.05) is 12.1 Å². The Balaban J connectivity index is 1.64. The summed E-state index contributed by atoms with van der Waals surface area (Å²) in [5, 5.41) is 18.4. The van der Waals surface area contributed by atoms with Crippen LogP contribution in [0.3, 0.4) is 0 Å². The summed E-state index contributed by atoms with van der Waals surface area (Å²) in [5.74, 6) is 0.645. The van der Waals surface area contributed by atoms with E-state index in [1.54, 1.807) is 34.7 Å². The number of carbonyl (C=O) groups excluding carboxylic acids is 1. The summed E-state index contributed by atoms with van der Waals surface area (Å²) >= 11 is 1.64. The first kappa shape index (κ1) is 22.6. The van der Waals surface area contributed by atoms with Crippen molar-refractivity contribution in [1.82, 2.24) is 15.2 Å². The number of anilines is 1. The molecule has 1 saturated heterocycles. The predicted octanol–water partition coefficient (Wildman–Crippen LogP) is 4.94. The molecule has 2 aromatic heterocycles. The SMILES string of the molecule is C/C=C1/N[C@](C)(c2cc(-c3cccc(C#N)c3)cs2)C(CCNc2cccnc2)C(=O)N1C. The molecule has 7 heteroatoms. The summed E-state index contributed by atoms with van der Waals surface area (Å²) in [4.78, 5) is 20.4. The van der Waals surface area contributed by atoms with Crippen LogP contribution < -0.4 is 10.6 Å². The Morgan fingerprint density at radius 1 is 1.30 bits per heavy atom. The number of amides is 1. The quantitative estimate of drug-likeness (QED) is 0.548. The van der Waals surface area contributed by atoms with Crippen molar-refractivity contribution in [3.8, 4) is 17.2 Å². The second kappa shape index (κ2) is 9.47. The van der Waals surface area contributed by atoms with Crippen LogP contribution in [0, 0.1) is 17.2 Å². The zero-order valence-electron chi connectivity index (χ0n) is 19.0. The number of nitrogens with zero attached hydrogens (tertiary/aromatic N) is 3. The molecule has 2 N–H and O–H groups in total. The van der Waals surface area contributed by atoms with Gasteiger partial charge in [0, 0.05) is 30.9 Å². The molecule has 2 atom stereocenters. The monoisotopic (exact) mass is 457 g/mol. The third kappa shape index (κ3) is 4.48. The van der Waals surface area contributed by atoms with Crippen LogP contribution in [0.4, 0.5) is 5.69 Å². The van der Waals surface area contributed by atoms with Crippen molar-refractivity contribution in [3.05, 3.63) is 82.6 Å². The fourth-order valence-corrected chi connectivity index (χ4v) is 5.40. The van der Waals surface area contributed by atoms with E-state index in [0.717, 1.165) is 27.5 Å². The first-order valence-electron chi connectivity index (χ1n) is 10.9. The standard InChI is InChI=1S/C26H27N5OS/c1-4-24-30-26(2,23-14-20(17-33-23)19-8-5-7-18(13-19)15-27)22(25(32)31(24)3)10-12-29-21-9-6-11-28-16-21/h4-9,11,13-14,16-17,22,29-30H,10,12H2,1-3H3/b24-4-/t22?,26-/m0/s1. The van der Waals surface area contributed by atoms with Crippen molar-refractivity contribution in [1.29, 1.82) is 5.26 Å². The minimum Gasteiger partial charge on any atom is -0.384 e. The molecule has 0 spiro atoms. The molecule has 4 rings (SSSR count). The number of hydrogen-bond acceptors (Lipinski definition) is 6. The largest absolute Gasteiger partial charge is 0.384 e. The Morgan fingerprint density at radius 2 is 2.15 bits per heavy atom. The average molecular weight is 458 g/mol. The van der Waals surface area contributed by atoms with Crippen LogP contribution in [-0.2, 0) is 10.3 Å². The zero-order valence-corrected chi connectivity index (χ0v) is 19.8. The van der Waals surface area contributed by atoms with Crippen LogP contribution in [-0.4, -0.2) is 29.4 Å². The smallest absolute Gasteiger partial charge is 0.233 e. The van der Waals surface area contributed by atoms with Crippen molar-refractivity contribution in [3.63, 3.8) is 0 Å². The van der Waals surface area contributed by atoms with Gasteiger partial charge in [-0.05, 0) is 73.2 Å². The van der Waals surface area contributed by atoms with Crippen LogP contribution in [0.15, 0.2) is 72.1 Å². The topological polar surface area (TPSA) is 81.0 Å². The summed E-state index contributed by atoms with van der Waals surface area (Å²) in [6.45, 7) is 4.70. The van der Waals surface area contributed by atoms with E-state index >= 15 is 0 Å². The summed E-state index contributed by atoms with van der Waals surface area (Å²) in [6.07, 6.45) is 6.12. The third-order valence-corrected chi connectivity index (χ3v) is 7.38. The Labute approximate surface area is 198 Å². The van der Waals surface area contributed by atoms with E-state index in [1.165, 1.54) is 0 Å². The number of nitrogens with one attached hydrogen (secondary N) is 2. The predicted molar refractivity (Wildman–Crippen MR) is 132 cm³/mol. The molecule has 3 heterocycles. The molecule has 0 bridgehead atoms. The number of benzene rings is 1. The maximum atomic E-state index is 13.5. The van der Waals surface area contributed by atoms with Gasteiger partial charge in [0.2, 0.25) is 5.91 Å². The molecule has 1 amide bonds. The molecular formula is C26H27N5OS. The molecule has 3 aromatic rings.